The lowest BCUT2D eigenvalue weighted by molar-refractivity contribution is -0.192. The van der Waals surface area contributed by atoms with Gasteiger partial charge in [0.2, 0.25) is 5.91 Å². The van der Waals surface area contributed by atoms with Gasteiger partial charge < -0.3 is 21.5 Å². The molecule has 36 heavy (non-hydrogen) atoms. The number of amides is 1. The van der Waals surface area contributed by atoms with Crippen molar-refractivity contribution in [1.82, 2.24) is 9.55 Å². The Bertz CT molecular complexity index is 1320. The molecule has 0 saturated heterocycles. The number of aromatic nitrogens is 2. The fraction of sp³-hybridized carbons (Fsp3) is 0.182. The summed E-state index contributed by atoms with van der Waals surface area (Å²) in [5, 5.41) is 13.4. The molecule has 192 valence electrons. The third kappa shape index (κ3) is 8.26. The molecule has 0 radical (unpaired) electrons. The number of nitrogens with zero attached hydrogens (tertiary/aromatic N) is 2. The van der Waals surface area contributed by atoms with Gasteiger partial charge in [0.25, 0.3) is 5.56 Å². The molecule has 0 spiro atoms. The molecule has 0 aliphatic rings. The minimum Gasteiger partial charge on any atom is -0.475 e. The number of halogens is 5. The summed E-state index contributed by atoms with van der Waals surface area (Å²) in [6.45, 7) is 1.77. The summed E-state index contributed by atoms with van der Waals surface area (Å²) < 4.78 is 33.0. The number of hydrogen-bond acceptors (Lipinski definition) is 6. The van der Waals surface area contributed by atoms with Gasteiger partial charge in [-0.1, -0.05) is 41.4 Å². The lowest BCUT2D eigenvalue weighted by Crippen LogP contribution is -2.31. The number of hydrogen-bond donors (Lipinski definition) is 4. The molecule has 3 rings (SSSR count). The molecule has 0 aliphatic heterocycles. The van der Waals surface area contributed by atoms with Gasteiger partial charge in [0.05, 0.1) is 5.69 Å². The standard InChI is InChI=1S/C20H19Cl2N5O2.C2HF3O2/c1-12-18(22)26-19(25-16-7-3-5-14(21)9-16)20(29)27(12)11-17(28)24-15-6-2-4-13(8-15)10-23;3-2(4,5)1(6)7/h2-9H,10-11,23H2,1H3,(H,24,28)(H,25,26);(H,6,7). The first-order valence-electron chi connectivity index (χ1n) is 10.00. The van der Waals surface area contributed by atoms with Crippen molar-refractivity contribution in [3.8, 4) is 0 Å². The topological polar surface area (TPSA) is 139 Å². The van der Waals surface area contributed by atoms with Crippen LogP contribution in [0.2, 0.25) is 10.2 Å². The van der Waals surface area contributed by atoms with Crippen LogP contribution < -0.4 is 21.9 Å². The van der Waals surface area contributed by atoms with Crippen LogP contribution in [0.4, 0.5) is 30.4 Å². The predicted molar refractivity (Wildman–Crippen MR) is 130 cm³/mol. The highest BCUT2D eigenvalue weighted by Crippen LogP contribution is 2.20. The molecule has 0 fully saturated rings. The van der Waals surface area contributed by atoms with Crippen molar-refractivity contribution in [1.29, 1.82) is 0 Å². The van der Waals surface area contributed by atoms with Crippen LogP contribution in [0.5, 0.6) is 0 Å². The average Bonchev–Trinajstić information content (AvgIpc) is 2.80. The van der Waals surface area contributed by atoms with Gasteiger partial charge in [-0.25, -0.2) is 9.78 Å². The minimum atomic E-state index is -5.08. The largest absolute Gasteiger partial charge is 0.490 e. The van der Waals surface area contributed by atoms with Crippen LogP contribution in [-0.2, 0) is 22.7 Å². The van der Waals surface area contributed by atoms with Crippen LogP contribution >= 0.6 is 23.2 Å². The Morgan fingerprint density at radius 2 is 1.72 bits per heavy atom. The molecule has 3 aromatic rings. The van der Waals surface area contributed by atoms with E-state index in [1.54, 1.807) is 49.4 Å². The number of benzene rings is 2. The molecule has 0 aliphatic carbocycles. The number of nitrogens with one attached hydrogen (secondary N) is 2. The molecule has 1 heterocycles. The molecule has 0 bridgehead atoms. The van der Waals surface area contributed by atoms with Crippen molar-refractivity contribution in [2.24, 2.45) is 5.73 Å². The van der Waals surface area contributed by atoms with Crippen LogP contribution in [0.1, 0.15) is 11.3 Å². The highest BCUT2D eigenvalue weighted by molar-refractivity contribution is 6.31. The van der Waals surface area contributed by atoms with E-state index in [0.717, 1.165) is 5.56 Å². The molecule has 5 N–H and O–H groups in total. The van der Waals surface area contributed by atoms with Crippen molar-refractivity contribution >= 4 is 52.3 Å². The summed E-state index contributed by atoms with van der Waals surface area (Å²) in [5.41, 5.74) is 7.60. The lowest BCUT2D eigenvalue weighted by Gasteiger charge is -2.14. The number of rotatable bonds is 6. The number of carboxylic acid groups (broad SMARTS) is 1. The Balaban J connectivity index is 0.000000572. The van der Waals surface area contributed by atoms with E-state index in [4.69, 9.17) is 38.8 Å². The first-order valence-corrected chi connectivity index (χ1v) is 10.8. The maximum Gasteiger partial charge on any atom is 0.490 e. The Hall–Kier alpha value is -3.61. The fourth-order valence-corrected chi connectivity index (χ4v) is 3.09. The summed E-state index contributed by atoms with van der Waals surface area (Å²) in [6.07, 6.45) is -5.08. The highest BCUT2D eigenvalue weighted by atomic mass is 35.5. The van der Waals surface area contributed by atoms with Crippen LogP contribution in [-0.4, -0.2) is 32.7 Å². The first kappa shape index (κ1) is 28.6. The van der Waals surface area contributed by atoms with Gasteiger partial charge >= 0.3 is 12.1 Å². The molecule has 1 aromatic heterocycles. The van der Waals surface area contributed by atoms with Crippen LogP contribution in [0.3, 0.4) is 0 Å². The van der Waals surface area contributed by atoms with E-state index in [1.165, 1.54) is 4.57 Å². The van der Waals surface area contributed by atoms with Crippen molar-refractivity contribution in [3.05, 3.63) is 80.3 Å². The Morgan fingerprint density at radius 1 is 1.11 bits per heavy atom. The van der Waals surface area contributed by atoms with E-state index in [-0.39, 0.29) is 23.4 Å². The maximum atomic E-state index is 12.9. The molecular weight excluding hydrogens is 526 g/mol. The van der Waals surface area contributed by atoms with E-state index in [0.29, 0.717) is 28.6 Å². The maximum absolute atomic E-state index is 12.9. The predicted octanol–water partition coefficient (Wildman–Crippen LogP) is 4.33. The second kappa shape index (κ2) is 12.4. The van der Waals surface area contributed by atoms with Gasteiger partial charge in [-0.3, -0.25) is 14.2 Å². The molecule has 0 saturated carbocycles. The van der Waals surface area contributed by atoms with Crippen molar-refractivity contribution in [3.63, 3.8) is 0 Å². The number of carbonyl (C=O) groups is 2. The molecule has 9 nitrogen and oxygen atoms in total. The highest BCUT2D eigenvalue weighted by Gasteiger charge is 2.38. The van der Waals surface area contributed by atoms with Gasteiger partial charge in [0.1, 0.15) is 6.54 Å². The monoisotopic (exact) mass is 545 g/mol. The quantitative estimate of drug-likeness (QED) is 0.361. The Labute approximate surface area is 212 Å². The summed E-state index contributed by atoms with van der Waals surface area (Å²) in [4.78, 5) is 38.4. The van der Waals surface area contributed by atoms with Gasteiger partial charge in [-0.2, -0.15) is 13.2 Å². The summed E-state index contributed by atoms with van der Waals surface area (Å²) in [5.74, 6) is -3.13. The molecular formula is C22H20Cl2F3N5O4. The lowest BCUT2D eigenvalue weighted by atomic mass is 10.2. The number of anilines is 3. The molecule has 2 aromatic carbocycles. The third-order valence-electron chi connectivity index (χ3n) is 4.44. The average molecular weight is 546 g/mol. The Morgan fingerprint density at radius 3 is 2.31 bits per heavy atom. The first-order chi connectivity index (χ1) is 16.8. The molecule has 1 amide bonds. The molecule has 0 atom stereocenters. The zero-order chi connectivity index (χ0) is 27.0. The van der Waals surface area contributed by atoms with E-state index in [2.05, 4.69) is 15.6 Å². The zero-order valence-electron chi connectivity index (χ0n) is 18.6. The van der Waals surface area contributed by atoms with Crippen molar-refractivity contribution < 1.29 is 27.9 Å². The summed E-state index contributed by atoms with van der Waals surface area (Å²) >= 11 is 12.2. The Kier molecular flexibility index (Phi) is 9.84. The number of carbonyl (C=O) groups excluding carboxylic acids is 1. The van der Waals surface area contributed by atoms with Crippen molar-refractivity contribution in [2.45, 2.75) is 26.2 Å². The second-order valence-electron chi connectivity index (χ2n) is 7.12. The van der Waals surface area contributed by atoms with Gasteiger partial charge in [0.15, 0.2) is 11.0 Å². The summed E-state index contributed by atoms with van der Waals surface area (Å²) in [6, 6.07) is 14.0. The zero-order valence-corrected chi connectivity index (χ0v) is 20.1. The van der Waals surface area contributed by atoms with Crippen LogP contribution in [0, 0.1) is 6.92 Å². The van der Waals surface area contributed by atoms with Gasteiger partial charge in [0, 0.05) is 22.9 Å². The SMILES string of the molecule is Cc1c(Cl)nc(Nc2cccc(Cl)c2)c(=O)n1CC(=O)Nc1cccc(CN)c1.O=C(O)C(F)(F)F. The number of alkyl halides is 3. The minimum absolute atomic E-state index is 0.000737. The van der Waals surface area contributed by atoms with Crippen LogP contribution in [0.15, 0.2) is 53.3 Å². The van der Waals surface area contributed by atoms with E-state index in [9.17, 15) is 22.8 Å². The normalized spacial score (nSPS) is 10.8. The number of carboxylic acids is 1. The number of nitrogens with two attached hydrogens (primary N) is 1. The fourth-order valence-electron chi connectivity index (χ4n) is 2.71. The summed E-state index contributed by atoms with van der Waals surface area (Å²) in [7, 11) is 0. The second-order valence-corrected chi connectivity index (χ2v) is 7.91. The van der Waals surface area contributed by atoms with Crippen LogP contribution in [0.25, 0.3) is 0 Å². The third-order valence-corrected chi connectivity index (χ3v) is 5.03. The van der Waals surface area contributed by atoms with Gasteiger partial charge in [-0.05, 0) is 42.8 Å². The smallest absolute Gasteiger partial charge is 0.475 e. The van der Waals surface area contributed by atoms with E-state index < -0.39 is 17.7 Å². The van der Waals surface area contributed by atoms with E-state index in [1.807, 2.05) is 6.07 Å². The van der Waals surface area contributed by atoms with E-state index >= 15 is 0 Å². The van der Waals surface area contributed by atoms with Crippen molar-refractivity contribution in [2.75, 3.05) is 10.6 Å². The molecule has 14 heteroatoms. The number of aliphatic carboxylic acids is 1. The van der Waals surface area contributed by atoms with Gasteiger partial charge in [-0.15, -0.1) is 0 Å². The molecule has 0 unspecified atom stereocenters.